The van der Waals surface area contributed by atoms with Crippen molar-refractivity contribution in [3.63, 3.8) is 0 Å². The first kappa shape index (κ1) is 26.2. The van der Waals surface area contributed by atoms with Gasteiger partial charge in [0, 0.05) is 11.8 Å². The fourth-order valence-electron chi connectivity index (χ4n) is 9.15. The van der Waals surface area contributed by atoms with Gasteiger partial charge in [0.05, 0.1) is 12.0 Å². The number of carbonyl (C=O) groups excluding carboxylic acids is 1. The minimum absolute atomic E-state index is 0.112. The van der Waals surface area contributed by atoms with Crippen molar-refractivity contribution in [1.29, 1.82) is 0 Å². The summed E-state index contributed by atoms with van der Waals surface area (Å²) >= 11 is 0. The number of hydrogen-bond acceptors (Lipinski definition) is 3. The zero-order valence-corrected chi connectivity index (χ0v) is 23.1. The molecule has 0 aromatic heterocycles. The van der Waals surface area contributed by atoms with Gasteiger partial charge in [0.2, 0.25) is 0 Å². The largest absolute Gasteiger partial charge is 0.461 e. The normalized spacial score (nSPS) is 42.6. The summed E-state index contributed by atoms with van der Waals surface area (Å²) in [5.41, 5.74) is 1.71. The van der Waals surface area contributed by atoms with Crippen LogP contribution in [0, 0.1) is 52.3 Å². The Bertz CT molecular complexity index is 769. The highest BCUT2D eigenvalue weighted by Gasteiger charge is 2.61. The molecule has 0 bridgehead atoms. The number of hydrogen-bond donors (Lipinski definition) is 1. The first-order chi connectivity index (χ1) is 16.0. The molecule has 3 nitrogen and oxygen atoms in total. The molecule has 0 aromatic rings. The molecule has 0 amide bonds. The summed E-state index contributed by atoms with van der Waals surface area (Å²) in [6, 6.07) is 0. The third kappa shape index (κ3) is 4.53. The standard InChI is InChI=1S/C31H52O3/c1-19(2)9-8-10-21(5)25-13-14-26-24-12-11-22-17-23(32)18-28(34-29(33)20(3)4)31(22,7)27(24)15-16-30(25,26)6/h11,19-21,23-28,32H,8-10,12-18H2,1-7H3/t21-,23-,24+,25-,26+,27+,28?,30-,31+/m1/s1. The van der Waals surface area contributed by atoms with Crippen molar-refractivity contribution in [2.45, 2.75) is 125 Å². The van der Waals surface area contributed by atoms with Gasteiger partial charge in [0.15, 0.2) is 0 Å². The van der Waals surface area contributed by atoms with Crippen LogP contribution in [0.25, 0.3) is 0 Å². The molecule has 3 heteroatoms. The lowest BCUT2D eigenvalue weighted by molar-refractivity contribution is -0.172. The number of rotatable bonds is 7. The molecule has 0 heterocycles. The minimum atomic E-state index is -0.391. The smallest absolute Gasteiger partial charge is 0.308 e. The van der Waals surface area contributed by atoms with E-state index in [0.29, 0.717) is 23.7 Å². The van der Waals surface area contributed by atoms with Crippen LogP contribution >= 0.6 is 0 Å². The summed E-state index contributed by atoms with van der Waals surface area (Å²) in [5.74, 6) is 4.29. The number of ether oxygens (including phenoxy) is 1. The molecule has 0 radical (unpaired) electrons. The Labute approximate surface area is 209 Å². The fourth-order valence-corrected chi connectivity index (χ4v) is 9.15. The Balaban J connectivity index is 1.55. The van der Waals surface area contributed by atoms with Gasteiger partial charge < -0.3 is 9.84 Å². The Morgan fingerprint density at radius 1 is 1.09 bits per heavy atom. The van der Waals surface area contributed by atoms with E-state index < -0.39 is 6.10 Å². The van der Waals surface area contributed by atoms with Gasteiger partial charge in [0.25, 0.3) is 0 Å². The lowest BCUT2D eigenvalue weighted by atomic mass is 9.46. The zero-order chi connectivity index (χ0) is 24.8. The van der Waals surface area contributed by atoms with Crippen molar-refractivity contribution in [3.05, 3.63) is 11.6 Å². The molecule has 1 N–H and O–H groups in total. The molecule has 0 spiro atoms. The van der Waals surface area contributed by atoms with Gasteiger partial charge in [-0.3, -0.25) is 4.79 Å². The number of aliphatic hydroxyl groups is 1. The third-order valence-corrected chi connectivity index (χ3v) is 11.1. The number of fused-ring (bicyclic) bond motifs is 5. The van der Waals surface area contributed by atoms with E-state index in [1.54, 1.807) is 0 Å². The van der Waals surface area contributed by atoms with E-state index in [1.165, 1.54) is 50.5 Å². The van der Waals surface area contributed by atoms with Gasteiger partial charge in [-0.25, -0.2) is 0 Å². The van der Waals surface area contributed by atoms with Crippen LogP contribution in [0.2, 0.25) is 0 Å². The Morgan fingerprint density at radius 2 is 1.82 bits per heavy atom. The molecule has 3 saturated carbocycles. The second kappa shape index (κ2) is 9.91. The first-order valence-electron chi connectivity index (χ1n) is 14.6. The summed E-state index contributed by atoms with van der Waals surface area (Å²) in [7, 11) is 0. The highest BCUT2D eigenvalue weighted by molar-refractivity contribution is 5.71. The number of esters is 1. The Hall–Kier alpha value is -0.830. The van der Waals surface area contributed by atoms with E-state index in [0.717, 1.165) is 36.5 Å². The van der Waals surface area contributed by atoms with Crippen molar-refractivity contribution in [1.82, 2.24) is 0 Å². The van der Waals surface area contributed by atoms with Crippen LogP contribution in [0.4, 0.5) is 0 Å². The molecule has 4 aliphatic carbocycles. The molecular formula is C31H52O3. The lowest BCUT2D eigenvalue weighted by Gasteiger charge is -2.60. The zero-order valence-electron chi connectivity index (χ0n) is 23.1. The molecular weight excluding hydrogens is 420 g/mol. The van der Waals surface area contributed by atoms with Crippen LogP contribution in [0.3, 0.4) is 0 Å². The Morgan fingerprint density at radius 3 is 2.50 bits per heavy atom. The molecule has 9 atom stereocenters. The molecule has 0 aliphatic heterocycles. The van der Waals surface area contributed by atoms with Crippen molar-refractivity contribution in [2.24, 2.45) is 52.3 Å². The van der Waals surface area contributed by atoms with E-state index in [9.17, 15) is 9.90 Å². The van der Waals surface area contributed by atoms with Crippen LogP contribution in [0.5, 0.6) is 0 Å². The molecule has 1 unspecified atom stereocenters. The number of allylic oxidation sites excluding steroid dienone is 1. The van der Waals surface area contributed by atoms with Gasteiger partial charge in [-0.15, -0.1) is 0 Å². The van der Waals surface area contributed by atoms with Crippen molar-refractivity contribution in [3.8, 4) is 0 Å². The summed E-state index contributed by atoms with van der Waals surface area (Å²) in [4.78, 5) is 12.7. The van der Waals surface area contributed by atoms with Gasteiger partial charge in [-0.1, -0.05) is 79.4 Å². The minimum Gasteiger partial charge on any atom is -0.461 e. The van der Waals surface area contributed by atoms with Gasteiger partial charge in [0.1, 0.15) is 6.10 Å². The van der Waals surface area contributed by atoms with Crippen LogP contribution in [-0.4, -0.2) is 23.3 Å². The second-order valence-electron chi connectivity index (χ2n) is 13.8. The molecule has 4 rings (SSSR count). The maximum atomic E-state index is 12.7. The van der Waals surface area contributed by atoms with Crippen LogP contribution < -0.4 is 0 Å². The molecule has 3 fully saturated rings. The number of carbonyl (C=O) groups is 1. The third-order valence-electron chi connectivity index (χ3n) is 11.1. The van der Waals surface area contributed by atoms with Crippen molar-refractivity contribution < 1.29 is 14.6 Å². The van der Waals surface area contributed by atoms with E-state index in [2.05, 4.69) is 40.7 Å². The predicted octanol–water partition coefficient (Wildman–Crippen LogP) is 7.57. The molecule has 4 aliphatic rings. The maximum Gasteiger partial charge on any atom is 0.308 e. The molecule has 194 valence electrons. The fraction of sp³-hybridized carbons (Fsp3) is 0.903. The van der Waals surface area contributed by atoms with Crippen molar-refractivity contribution in [2.75, 3.05) is 0 Å². The van der Waals surface area contributed by atoms with Crippen LogP contribution in [0.15, 0.2) is 11.6 Å². The van der Waals surface area contributed by atoms with E-state index in [4.69, 9.17) is 4.74 Å². The average Bonchev–Trinajstić information content (AvgIpc) is 3.11. The van der Waals surface area contributed by atoms with Crippen LogP contribution in [0.1, 0.15) is 113 Å². The second-order valence-corrected chi connectivity index (χ2v) is 13.8. The average molecular weight is 473 g/mol. The lowest BCUT2D eigenvalue weighted by Crippen LogP contribution is -2.56. The molecule has 0 aromatic carbocycles. The van der Waals surface area contributed by atoms with Gasteiger partial charge in [-0.05, 0) is 79.4 Å². The topological polar surface area (TPSA) is 46.5 Å². The monoisotopic (exact) mass is 472 g/mol. The quantitative estimate of drug-likeness (QED) is 0.307. The van der Waals surface area contributed by atoms with E-state index >= 15 is 0 Å². The van der Waals surface area contributed by atoms with Crippen molar-refractivity contribution >= 4 is 5.97 Å². The van der Waals surface area contributed by atoms with Gasteiger partial charge in [-0.2, -0.15) is 0 Å². The first-order valence-corrected chi connectivity index (χ1v) is 14.6. The van der Waals surface area contributed by atoms with E-state index in [1.807, 2.05) is 13.8 Å². The highest BCUT2D eigenvalue weighted by Crippen LogP contribution is 2.67. The van der Waals surface area contributed by atoms with Gasteiger partial charge >= 0.3 is 5.97 Å². The van der Waals surface area contributed by atoms with Crippen LogP contribution in [-0.2, 0) is 9.53 Å². The Kier molecular flexibility index (Phi) is 7.65. The molecule has 34 heavy (non-hydrogen) atoms. The summed E-state index contributed by atoms with van der Waals surface area (Å²) < 4.78 is 6.16. The van der Waals surface area contributed by atoms with E-state index in [-0.39, 0.29) is 23.4 Å². The summed E-state index contributed by atoms with van der Waals surface area (Å²) in [6.07, 6.45) is 13.8. The molecule has 0 saturated heterocycles. The summed E-state index contributed by atoms with van der Waals surface area (Å²) in [6.45, 7) is 16.1. The SMILES string of the molecule is CC(C)CCC[C@@H](C)[C@H]1CC[C@H]2[C@@H]3CC=C4C[C@@H](O)CC(OC(=O)C(C)C)[C@]4(C)[C@H]3CC[C@]12C. The number of aliphatic hydroxyl groups excluding tert-OH is 1. The maximum absolute atomic E-state index is 12.7. The predicted molar refractivity (Wildman–Crippen MR) is 139 cm³/mol. The highest BCUT2D eigenvalue weighted by atomic mass is 16.5. The summed E-state index contributed by atoms with van der Waals surface area (Å²) in [5, 5.41) is 10.6.